The van der Waals surface area contributed by atoms with E-state index in [0.717, 1.165) is 22.3 Å². The van der Waals surface area contributed by atoms with Crippen molar-refractivity contribution >= 4 is 29.9 Å². The monoisotopic (exact) mass is 479 g/mol. The molecular weight excluding hydrogens is 455 g/mol. The van der Waals surface area contributed by atoms with E-state index < -0.39 is 6.55 Å². The molecule has 26 heavy (non-hydrogen) atoms. The van der Waals surface area contributed by atoms with Crippen LogP contribution in [-0.4, -0.2) is 35.7 Å². The summed E-state index contributed by atoms with van der Waals surface area (Å²) in [7, 11) is 1.64. The van der Waals surface area contributed by atoms with E-state index in [0.29, 0.717) is 19.0 Å². The van der Waals surface area contributed by atoms with Gasteiger partial charge in [-0.3, -0.25) is 4.57 Å². The zero-order valence-electron chi connectivity index (χ0n) is 14.8. The standard InChI is InChI=1S/C17H23F2N5O.HI/c1-3-20-17(23-12-15-21-10-11-24(15)16(18)19)22-9-8-13-6-4-5-7-14(13)25-2;/h4-7,10-11,16H,3,8-9,12H2,1-2H3,(H2,20,22,23);1H. The van der Waals surface area contributed by atoms with Crippen molar-refractivity contribution in [2.24, 2.45) is 4.99 Å². The van der Waals surface area contributed by atoms with Gasteiger partial charge in [0.1, 0.15) is 18.1 Å². The van der Waals surface area contributed by atoms with Gasteiger partial charge in [-0.15, -0.1) is 24.0 Å². The molecule has 9 heteroatoms. The quantitative estimate of drug-likeness (QED) is 0.347. The maximum Gasteiger partial charge on any atom is 0.319 e. The topological polar surface area (TPSA) is 63.5 Å². The predicted octanol–water partition coefficient (Wildman–Crippen LogP) is 3.20. The lowest BCUT2D eigenvalue weighted by atomic mass is 10.1. The molecule has 0 radical (unpaired) electrons. The van der Waals surface area contributed by atoms with Crippen molar-refractivity contribution in [3.63, 3.8) is 0 Å². The first-order chi connectivity index (χ1) is 12.2. The van der Waals surface area contributed by atoms with Crippen LogP contribution in [0.2, 0.25) is 0 Å². The molecule has 0 saturated carbocycles. The number of imidazole rings is 1. The van der Waals surface area contributed by atoms with Crippen LogP contribution in [0.5, 0.6) is 5.75 Å². The molecule has 0 aliphatic rings. The van der Waals surface area contributed by atoms with E-state index in [1.54, 1.807) is 7.11 Å². The van der Waals surface area contributed by atoms with Crippen LogP contribution < -0.4 is 15.4 Å². The first-order valence-electron chi connectivity index (χ1n) is 8.09. The molecule has 0 spiro atoms. The number of methoxy groups -OCH3 is 1. The van der Waals surface area contributed by atoms with Crippen LogP contribution in [0.1, 0.15) is 24.9 Å². The molecule has 0 unspecified atom stereocenters. The Morgan fingerprint density at radius 3 is 2.77 bits per heavy atom. The van der Waals surface area contributed by atoms with Crippen LogP contribution in [0.3, 0.4) is 0 Å². The number of nitrogens with zero attached hydrogens (tertiary/aromatic N) is 3. The summed E-state index contributed by atoms with van der Waals surface area (Å²) in [6, 6.07) is 7.80. The van der Waals surface area contributed by atoms with E-state index in [1.165, 1.54) is 12.4 Å². The van der Waals surface area contributed by atoms with Crippen LogP contribution in [-0.2, 0) is 13.0 Å². The number of rotatable bonds is 8. The second-order valence-electron chi connectivity index (χ2n) is 5.21. The second-order valence-corrected chi connectivity index (χ2v) is 5.21. The number of alkyl halides is 2. The number of para-hydroxylation sites is 1. The van der Waals surface area contributed by atoms with Crippen LogP contribution in [0.25, 0.3) is 0 Å². The van der Waals surface area contributed by atoms with Crippen LogP contribution >= 0.6 is 24.0 Å². The maximum absolute atomic E-state index is 12.8. The lowest BCUT2D eigenvalue weighted by Crippen LogP contribution is -2.38. The Morgan fingerprint density at radius 1 is 1.31 bits per heavy atom. The molecule has 0 aliphatic heterocycles. The molecule has 6 nitrogen and oxygen atoms in total. The van der Waals surface area contributed by atoms with Crippen molar-refractivity contribution in [1.82, 2.24) is 20.2 Å². The molecule has 1 aromatic carbocycles. The third-order valence-electron chi connectivity index (χ3n) is 3.56. The lowest BCUT2D eigenvalue weighted by molar-refractivity contribution is 0.0671. The molecule has 2 rings (SSSR count). The molecule has 0 saturated heterocycles. The number of ether oxygens (including phenoxy) is 1. The molecule has 2 N–H and O–H groups in total. The van der Waals surface area contributed by atoms with Crippen LogP contribution in [0.4, 0.5) is 8.78 Å². The normalized spacial score (nSPS) is 11.2. The fourth-order valence-electron chi connectivity index (χ4n) is 2.36. The summed E-state index contributed by atoms with van der Waals surface area (Å²) in [5.41, 5.74) is 1.08. The highest BCUT2D eigenvalue weighted by Crippen LogP contribution is 2.17. The Hall–Kier alpha value is -1.91. The molecule has 144 valence electrons. The smallest absolute Gasteiger partial charge is 0.319 e. The molecule has 1 aromatic heterocycles. The van der Waals surface area contributed by atoms with E-state index in [2.05, 4.69) is 20.6 Å². The summed E-state index contributed by atoms with van der Waals surface area (Å²) in [5, 5.41) is 6.28. The first kappa shape index (κ1) is 22.1. The van der Waals surface area contributed by atoms with Crippen molar-refractivity contribution in [2.75, 3.05) is 20.2 Å². The van der Waals surface area contributed by atoms with Gasteiger partial charge in [0.05, 0.1) is 7.11 Å². The Labute approximate surface area is 169 Å². The number of hydrogen-bond acceptors (Lipinski definition) is 3. The van der Waals surface area contributed by atoms with Gasteiger partial charge in [0.15, 0.2) is 5.96 Å². The SMILES string of the molecule is CCNC(=NCc1nccn1C(F)F)NCCc1ccccc1OC.I. The van der Waals surface area contributed by atoms with Gasteiger partial charge in [-0.2, -0.15) is 8.78 Å². The molecule has 1 heterocycles. The van der Waals surface area contributed by atoms with Gasteiger partial charge in [0, 0.05) is 25.5 Å². The van der Waals surface area contributed by atoms with E-state index >= 15 is 0 Å². The van der Waals surface area contributed by atoms with Crippen molar-refractivity contribution < 1.29 is 13.5 Å². The molecular formula is C17H24F2IN5O. The Morgan fingerprint density at radius 2 is 2.08 bits per heavy atom. The number of hydrogen-bond donors (Lipinski definition) is 2. The van der Waals surface area contributed by atoms with E-state index in [4.69, 9.17) is 4.74 Å². The van der Waals surface area contributed by atoms with Gasteiger partial charge in [-0.25, -0.2) is 9.98 Å². The highest BCUT2D eigenvalue weighted by atomic mass is 127. The highest BCUT2D eigenvalue weighted by molar-refractivity contribution is 14.0. The molecule has 0 aliphatic carbocycles. The number of aromatic nitrogens is 2. The number of halogens is 3. The minimum atomic E-state index is -2.62. The van der Waals surface area contributed by atoms with Crippen molar-refractivity contribution in [2.45, 2.75) is 26.4 Å². The van der Waals surface area contributed by atoms with Crippen molar-refractivity contribution in [3.05, 3.63) is 48.0 Å². The fraction of sp³-hybridized carbons (Fsp3) is 0.412. The number of nitrogens with one attached hydrogen (secondary N) is 2. The maximum atomic E-state index is 12.8. The first-order valence-corrected chi connectivity index (χ1v) is 8.09. The van der Waals surface area contributed by atoms with Gasteiger partial charge in [-0.05, 0) is 25.0 Å². The third kappa shape index (κ3) is 6.43. The molecule has 0 amide bonds. The Balaban J connectivity index is 0.00000338. The van der Waals surface area contributed by atoms with Gasteiger partial charge >= 0.3 is 6.55 Å². The average molecular weight is 479 g/mol. The van der Waals surface area contributed by atoms with E-state index in [9.17, 15) is 8.78 Å². The minimum absolute atomic E-state index is 0. The summed E-state index contributed by atoms with van der Waals surface area (Å²) in [5.74, 6) is 1.61. The summed E-state index contributed by atoms with van der Waals surface area (Å²) in [6.07, 6.45) is 3.34. The Bertz CT molecular complexity index is 693. The van der Waals surface area contributed by atoms with Crippen LogP contribution in [0.15, 0.2) is 41.7 Å². The molecule has 0 fully saturated rings. The summed E-state index contributed by atoms with van der Waals surface area (Å²) in [6.45, 7) is 0.701. The largest absolute Gasteiger partial charge is 0.496 e. The van der Waals surface area contributed by atoms with E-state index in [-0.39, 0.29) is 36.3 Å². The van der Waals surface area contributed by atoms with Gasteiger partial charge < -0.3 is 15.4 Å². The van der Waals surface area contributed by atoms with Gasteiger partial charge in [-0.1, -0.05) is 18.2 Å². The number of aliphatic imine (C=N–C) groups is 1. The summed E-state index contributed by atoms with van der Waals surface area (Å²) >= 11 is 0. The number of guanidine groups is 1. The van der Waals surface area contributed by atoms with Crippen LogP contribution in [0, 0.1) is 0 Å². The highest BCUT2D eigenvalue weighted by Gasteiger charge is 2.11. The molecule has 0 atom stereocenters. The predicted molar refractivity (Wildman–Crippen MR) is 108 cm³/mol. The zero-order chi connectivity index (χ0) is 18.1. The second kappa shape index (κ2) is 11.7. The third-order valence-corrected chi connectivity index (χ3v) is 3.56. The average Bonchev–Trinajstić information content (AvgIpc) is 3.09. The number of benzene rings is 1. The zero-order valence-corrected chi connectivity index (χ0v) is 17.1. The van der Waals surface area contributed by atoms with Crippen molar-refractivity contribution in [1.29, 1.82) is 0 Å². The fourth-order valence-corrected chi connectivity index (χ4v) is 2.36. The van der Waals surface area contributed by atoms with E-state index in [1.807, 2.05) is 31.2 Å². The van der Waals surface area contributed by atoms with Crippen molar-refractivity contribution in [3.8, 4) is 5.75 Å². The van der Waals surface area contributed by atoms with Gasteiger partial charge in [0.2, 0.25) is 0 Å². The van der Waals surface area contributed by atoms with Gasteiger partial charge in [0.25, 0.3) is 0 Å². The Kier molecular flexibility index (Phi) is 9.92. The summed E-state index contributed by atoms with van der Waals surface area (Å²) in [4.78, 5) is 8.24. The summed E-state index contributed by atoms with van der Waals surface area (Å²) < 4.78 is 31.8. The lowest BCUT2D eigenvalue weighted by Gasteiger charge is -2.13. The molecule has 0 bridgehead atoms. The molecule has 2 aromatic rings. The minimum Gasteiger partial charge on any atom is -0.496 e.